The molecule has 2 heterocycles. The predicted octanol–water partition coefficient (Wildman–Crippen LogP) is 3.12. The standard InChI is InChI=1S/C71H94ClFN12O12/c1-13-45(4)62-71(97)80(8)42-60(88)78(6)43-61(89)82(10)56(39-49-29-31-51(72)32-30-49)69(95)79(7)41-58(86)74-53(37-50-27-22-28-52(73)35-50)65(91)75-54(36-47-23-16-14-17-24-47)67(93)83(11)57(38-48-25-18-15-19-26-48)70(96)84(12)63(44(2)3)66(92)76-55(68(94)85-33-20-21-34-85)40-59(87)81(9)46(5)64(90)77-62/h14-19,22-32,35,44-46,53-57,62-63H,13,20-21,33-34,36-43H2,1-12H3,(H,74,86)(H,75,91)(H,76,92)(H,77,90)/t45-,46-,53-,54-,55-,56-,57-,62-,63-/m0/s1. The Morgan fingerprint density at radius 1 is 0.515 bits per heavy atom. The summed E-state index contributed by atoms with van der Waals surface area (Å²) in [6, 6.07) is 18.4. The lowest BCUT2D eigenvalue weighted by Crippen LogP contribution is -2.61. The predicted molar refractivity (Wildman–Crippen MR) is 363 cm³/mol. The summed E-state index contributed by atoms with van der Waals surface area (Å²) in [6.07, 6.45) is 0.461. The molecule has 4 aromatic rings. The van der Waals surface area contributed by atoms with Crippen molar-refractivity contribution in [2.75, 3.05) is 82.1 Å². The molecule has 9 atom stereocenters. The first-order valence-corrected chi connectivity index (χ1v) is 33.1. The fourth-order valence-corrected chi connectivity index (χ4v) is 12.0. The van der Waals surface area contributed by atoms with Gasteiger partial charge in [-0.05, 0) is 78.1 Å². The minimum absolute atomic E-state index is 0.0952. The summed E-state index contributed by atoms with van der Waals surface area (Å²) < 4.78 is 14.9. The van der Waals surface area contributed by atoms with E-state index < -0.39 is 163 Å². The molecule has 26 heteroatoms. The van der Waals surface area contributed by atoms with Crippen LogP contribution >= 0.6 is 11.6 Å². The molecule has 4 N–H and O–H groups in total. The summed E-state index contributed by atoms with van der Waals surface area (Å²) in [6.45, 7) is 7.21. The molecule has 2 saturated heterocycles. The summed E-state index contributed by atoms with van der Waals surface area (Å²) in [5.74, 6) is -10.7. The average Bonchev–Trinajstić information content (AvgIpc) is 0.925. The molecular formula is C71H94ClFN12O12. The summed E-state index contributed by atoms with van der Waals surface area (Å²) >= 11 is 6.23. The van der Waals surface area contributed by atoms with Gasteiger partial charge >= 0.3 is 0 Å². The number of likely N-dealkylation sites (tertiary alicyclic amines) is 1. The SMILES string of the molecule is CC[C@H](C)[C@@H]1NC(=O)[C@H](C)N(C)C(=O)C[C@@H](C(=O)N2CCCC2)NC(=O)[C@H](C(C)C)N(C)C(=O)[C@H](Cc2ccccc2)N(C)C(=O)[C@H](Cc2ccccc2)NC(=O)[C@H](Cc2cccc(F)c2)NC(=O)CN(C)C(=O)[C@H](Cc2ccc(Cl)cc2)N(C)C(=O)CN(C)C(=O)CN(C)C1=O. The summed E-state index contributed by atoms with van der Waals surface area (Å²) in [4.78, 5) is 185. The van der Waals surface area contributed by atoms with Crippen molar-refractivity contribution >= 4 is 82.5 Å². The second-order valence-electron chi connectivity index (χ2n) is 25.8. The van der Waals surface area contributed by atoms with Gasteiger partial charge in [-0.1, -0.05) is 131 Å². The average molecular weight is 1360 g/mol. The molecule has 6 rings (SSSR count). The lowest BCUT2D eigenvalue weighted by molar-refractivity contribution is -0.150. The maximum Gasteiger partial charge on any atom is 0.246 e. The fourth-order valence-electron chi connectivity index (χ4n) is 11.9. The van der Waals surface area contributed by atoms with Crippen LogP contribution in [0.2, 0.25) is 5.02 Å². The summed E-state index contributed by atoms with van der Waals surface area (Å²) in [5.41, 5.74) is 2.05. The molecule has 0 saturated carbocycles. The van der Waals surface area contributed by atoms with Crippen LogP contribution in [-0.4, -0.2) is 240 Å². The van der Waals surface area contributed by atoms with Crippen molar-refractivity contribution in [1.82, 2.24) is 60.5 Å². The van der Waals surface area contributed by atoms with Crippen molar-refractivity contribution in [2.24, 2.45) is 11.8 Å². The van der Waals surface area contributed by atoms with Gasteiger partial charge in [-0.25, -0.2) is 4.39 Å². The van der Waals surface area contributed by atoms with E-state index in [1.165, 1.54) is 95.2 Å². The number of rotatable bonds is 12. The Kier molecular flexibility index (Phi) is 28.2. The van der Waals surface area contributed by atoms with E-state index in [0.29, 0.717) is 54.1 Å². The van der Waals surface area contributed by atoms with Crippen LogP contribution in [-0.2, 0) is 83.2 Å². The van der Waals surface area contributed by atoms with E-state index in [4.69, 9.17) is 11.6 Å². The van der Waals surface area contributed by atoms with Gasteiger partial charge in [0.25, 0.3) is 0 Å². The van der Waals surface area contributed by atoms with Crippen LogP contribution < -0.4 is 21.3 Å². The first-order valence-electron chi connectivity index (χ1n) is 32.8. The van der Waals surface area contributed by atoms with Crippen molar-refractivity contribution in [3.8, 4) is 0 Å². The first kappa shape index (κ1) is 76.8. The Morgan fingerprint density at radius 2 is 1.05 bits per heavy atom. The Morgan fingerprint density at radius 3 is 1.63 bits per heavy atom. The number of carbonyl (C=O) groups excluding carboxylic acids is 12. The van der Waals surface area contributed by atoms with E-state index in [0.717, 1.165) is 24.5 Å². The highest BCUT2D eigenvalue weighted by molar-refractivity contribution is 6.30. The molecule has 4 aromatic carbocycles. The summed E-state index contributed by atoms with van der Waals surface area (Å²) in [5, 5.41) is 11.5. The number of nitrogens with one attached hydrogen (secondary N) is 4. The second-order valence-corrected chi connectivity index (χ2v) is 26.3. The van der Waals surface area contributed by atoms with E-state index in [1.807, 2.05) is 0 Å². The number of carbonyl (C=O) groups is 12. The maximum absolute atomic E-state index is 15.5. The maximum atomic E-state index is 15.5. The van der Waals surface area contributed by atoms with Crippen LogP contribution in [0, 0.1) is 17.7 Å². The molecule has 0 aliphatic carbocycles. The van der Waals surface area contributed by atoms with E-state index in [9.17, 15) is 42.7 Å². The van der Waals surface area contributed by atoms with Gasteiger partial charge in [0, 0.05) is 93.1 Å². The molecule has 12 amide bonds. The zero-order valence-electron chi connectivity index (χ0n) is 57.6. The highest BCUT2D eigenvalue weighted by atomic mass is 35.5. The minimum atomic E-state index is -1.54. The molecule has 0 radical (unpaired) electrons. The lowest BCUT2D eigenvalue weighted by atomic mass is 9.97. The smallest absolute Gasteiger partial charge is 0.246 e. The fraction of sp³-hybridized carbons (Fsp3) is 0.493. The highest BCUT2D eigenvalue weighted by Gasteiger charge is 2.42. The van der Waals surface area contributed by atoms with Crippen LogP contribution in [0.4, 0.5) is 4.39 Å². The Bertz CT molecular complexity index is 3450. The minimum Gasteiger partial charge on any atom is -0.342 e. The lowest BCUT2D eigenvalue weighted by Gasteiger charge is -2.38. The van der Waals surface area contributed by atoms with Crippen LogP contribution in [0.25, 0.3) is 0 Å². The van der Waals surface area contributed by atoms with Crippen molar-refractivity contribution < 1.29 is 61.9 Å². The van der Waals surface area contributed by atoms with Crippen LogP contribution in [0.5, 0.6) is 0 Å². The molecule has 524 valence electrons. The van der Waals surface area contributed by atoms with Gasteiger partial charge in [-0.2, -0.15) is 0 Å². The topological polar surface area (TPSA) is 279 Å². The number of hydrogen-bond acceptors (Lipinski definition) is 12. The monoisotopic (exact) mass is 1360 g/mol. The van der Waals surface area contributed by atoms with Gasteiger partial charge < -0.3 is 60.5 Å². The van der Waals surface area contributed by atoms with Crippen molar-refractivity contribution in [3.63, 3.8) is 0 Å². The van der Waals surface area contributed by atoms with Gasteiger partial charge in [-0.15, -0.1) is 0 Å². The summed E-state index contributed by atoms with van der Waals surface area (Å²) in [7, 11) is 9.51. The van der Waals surface area contributed by atoms with Crippen LogP contribution in [0.1, 0.15) is 82.6 Å². The van der Waals surface area contributed by atoms with Gasteiger partial charge in [-0.3, -0.25) is 57.5 Å². The zero-order chi connectivity index (χ0) is 71.5. The third-order valence-corrected chi connectivity index (χ3v) is 18.5. The van der Waals surface area contributed by atoms with Gasteiger partial charge in [0.2, 0.25) is 70.9 Å². The Hall–Kier alpha value is -9.26. The third-order valence-electron chi connectivity index (χ3n) is 18.2. The zero-order valence-corrected chi connectivity index (χ0v) is 58.3. The number of nitrogens with zero attached hydrogens (tertiary/aromatic N) is 8. The van der Waals surface area contributed by atoms with Crippen molar-refractivity contribution in [1.29, 1.82) is 0 Å². The Labute approximate surface area is 572 Å². The first-order chi connectivity index (χ1) is 45.9. The molecule has 97 heavy (non-hydrogen) atoms. The van der Waals surface area contributed by atoms with Crippen molar-refractivity contribution in [2.45, 2.75) is 134 Å². The molecule has 2 aliphatic rings. The van der Waals surface area contributed by atoms with E-state index in [1.54, 1.807) is 113 Å². The molecule has 24 nitrogen and oxygen atoms in total. The highest BCUT2D eigenvalue weighted by Crippen LogP contribution is 2.22. The van der Waals surface area contributed by atoms with Gasteiger partial charge in [0.05, 0.1) is 26.1 Å². The molecule has 2 aliphatic heterocycles. The molecule has 0 aromatic heterocycles. The number of halogens is 2. The molecule has 0 bridgehead atoms. The van der Waals surface area contributed by atoms with E-state index in [2.05, 4.69) is 21.3 Å². The second kappa shape index (κ2) is 35.7. The number of benzene rings is 4. The number of likely N-dealkylation sites (N-methyl/N-ethyl adjacent to an activating group) is 7. The van der Waals surface area contributed by atoms with Gasteiger partial charge in [0.1, 0.15) is 54.2 Å². The quantitative estimate of drug-likeness (QED) is 0.159. The Balaban J connectivity index is 1.45. The number of amides is 12. The molecule has 0 unspecified atom stereocenters. The van der Waals surface area contributed by atoms with Crippen LogP contribution in [0.3, 0.4) is 0 Å². The molecule has 0 spiro atoms. The number of hydrogen-bond donors (Lipinski definition) is 4. The third kappa shape index (κ3) is 21.1. The normalized spacial score (nSPS) is 23.5. The molecule has 2 fully saturated rings. The molecular weight excluding hydrogens is 1270 g/mol. The van der Waals surface area contributed by atoms with Gasteiger partial charge in [0.15, 0.2) is 0 Å². The van der Waals surface area contributed by atoms with Crippen molar-refractivity contribution in [3.05, 3.63) is 142 Å². The largest absolute Gasteiger partial charge is 0.342 e. The van der Waals surface area contributed by atoms with Crippen LogP contribution in [0.15, 0.2) is 109 Å². The van der Waals surface area contributed by atoms with E-state index >= 15 is 19.2 Å². The van der Waals surface area contributed by atoms with E-state index in [-0.39, 0.29) is 31.2 Å².